The van der Waals surface area contributed by atoms with Crippen LogP contribution >= 0.6 is 0 Å². The number of likely N-dealkylation sites (N-methyl/N-ethyl adjacent to an activating group) is 1. The standard InChI is InChI=1S/C16H22N2O2/c1-4-16(5-2,14(17-3)15(19)20)12-10-18-13-9-7-6-8-11(12)13/h6-10,14,17-18H,4-5H2,1-3H3,(H,19,20)/t14-/m1/s1. The first-order valence-corrected chi connectivity index (χ1v) is 7.07. The molecule has 20 heavy (non-hydrogen) atoms. The van der Waals surface area contributed by atoms with E-state index in [0.717, 1.165) is 29.3 Å². The number of benzene rings is 1. The van der Waals surface area contributed by atoms with Crippen molar-refractivity contribution in [2.75, 3.05) is 7.05 Å². The molecule has 4 nitrogen and oxygen atoms in total. The van der Waals surface area contributed by atoms with Crippen molar-refractivity contribution in [3.63, 3.8) is 0 Å². The number of carboxylic acids is 1. The summed E-state index contributed by atoms with van der Waals surface area (Å²) in [5.41, 5.74) is 1.72. The van der Waals surface area contributed by atoms with E-state index in [9.17, 15) is 9.90 Å². The van der Waals surface area contributed by atoms with Gasteiger partial charge >= 0.3 is 5.97 Å². The molecule has 0 spiro atoms. The van der Waals surface area contributed by atoms with Crippen LogP contribution in [-0.2, 0) is 10.2 Å². The average molecular weight is 274 g/mol. The number of rotatable bonds is 6. The Morgan fingerprint density at radius 3 is 2.55 bits per heavy atom. The zero-order chi connectivity index (χ0) is 14.8. The molecule has 2 rings (SSSR count). The van der Waals surface area contributed by atoms with Crippen molar-refractivity contribution in [3.8, 4) is 0 Å². The van der Waals surface area contributed by atoms with Crippen molar-refractivity contribution in [1.82, 2.24) is 10.3 Å². The maximum absolute atomic E-state index is 11.7. The number of fused-ring (bicyclic) bond motifs is 1. The summed E-state index contributed by atoms with van der Waals surface area (Å²) < 4.78 is 0. The largest absolute Gasteiger partial charge is 0.480 e. The van der Waals surface area contributed by atoms with Crippen molar-refractivity contribution in [1.29, 1.82) is 0 Å². The van der Waals surface area contributed by atoms with Gasteiger partial charge in [0.15, 0.2) is 0 Å². The lowest BCUT2D eigenvalue weighted by Gasteiger charge is -2.37. The molecule has 0 fully saturated rings. The molecule has 2 aromatic rings. The highest BCUT2D eigenvalue weighted by molar-refractivity contribution is 5.86. The molecule has 1 atom stereocenters. The van der Waals surface area contributed by atoms with Gasteiger partial charge in [-0.15, -0.1) is 0 Å². The van der Waals surface area contributed by atoms with E-state index in [1.54, 1.807) is 7.05 Å². The van der Waals surface area contributed by atoms with E-state index in [4.69, 9.17) is 0 Å². The van der Waals surface area contributed by atoms with E-state index in [2.05, 4.69) is 30.2 Å². The molecule has 0 aliphatic rings. The van der Waals surface area contributed by atoms with E-state index in [0.29, 0.717) is 0 Å². The molecule has 0 saturated carbocycles. The van der Waals surface area contributed by atoms with Crippen LogP contribution in [0.5, 0.6) is 0 Å². The van der Waals surface area contributed by atoms with Gasteiger partial charge < -0.3 is 15.4 Å². The third kappa shape index (κ3) is 2.10. The van der Waals surface area contributed by atoms with Crippen LogP contribution in [0.4, 0.5) is 0 Å². The minimum absolute atomic E-state index is 0.416. The summed E-state index contributed by atoms with van der Waals surface area (Å²) in [6, 6.07) is 7.44. The van der Waals surface area contributed by atoms with E-state index in [1.807, 2.05) is 24.4 Å². The summed E-state index contributed by atoms with van der Waals surface area (Å²) >= 11 is 0. The lowest BCUT2D eigenvalue weighted by atomic mass is 9.70. The fraction of sp³-hybridized carbons (Fsp3) is 0.438. The number of para-hydroxylation sites is 1. The Labute approximate surface area is 119 Å². The van der Waals surface area contributed by atoms with Crippen LogP contribution in [0.3, 0.4) is 0 Å². The SMILES string of the molecule is CCC(CC)(c1c[nH]c2ccccc12)[C@H](NC)C(=O)O. The molecule has 3 N–H and O–H groups in total. The van der Waals surface area contributed by atoms with Crippen LogP contribution in [0, 0.1) is 0 Å². The van der Waals surface area contributed by atoms with Gasteiger partial charge in [-0.05, 0) is 31.5 Å². The summed E-state index contributed by atoms with van der Waals surface area (Å²) in [7, 11) is 1.72. The Kier molecular flexibility index (Phi) is 4.14. The topological polar surface area (TPSA) is 65.1 Å². The fourth-order valence-electron chi connectivity index (χ4n) is 3.31. The van der Waals surface area contributed by atoms with Crippen molar-refractivity contribution in [3.05, 3.63) is 36.0 Å². The number of H-pyrrole nitrogens is 1. The second-order valence-electron chi connectivity index (χ2n) is 5.17. The number of aromatic nitrogens is 1. The molecule has 4 heteroatoms. The second-order valence-corrected chi connectivity index (χ2v) is 5.17. The Bertz CT molecular complexity index is 599. The Morgan fingerprint density at radius 1 is 1.35 bits per heavy atom. The Morgan fingerprint density at radius 2 is 2.00 bits per heavy atom. The molecule has 0 aliphatic heterocycles. The average Bonchev–Trinajstić information content (AvgIpc) is 2.89. The number of carbonyl (C=O) groups is 1. The third-order valence-corrected chi connectivity index (χ3v) is 4.48. The summed E-state index contributed by atoms with van der Waals surface area (Å²) in [4.78, 5) is 14.9. The smallest absolute Gasteiger partial charge is 0.321 e. The number of hydrogen-bond acceptors (Lipinski definition) is 2. The first-order valence-electron chi connectivity index (χ1n) is 7.07. The van der Waals surface area contributed by atoms with Gasteiger partial charge in [0, 0.05) is 22.5 Å². The lowest BCUT2D eigenvalue weighted by Crippen LogP contribution is -2.51. The second kappa shape index (κ2) is 5.67. The molecule has 0 amide bonds. The number of nitrogens with one attached hydrogen (secondary N) is 2. The predicted octanol–water partition coefficient (Wildman–Crippen LogP) is 2.90. The minimum atomic E-state index is -0.804. The van der Waals surface area contributed by atoms with Gasteiger partial charge in [-0.1, -0.05) is 32.0 Å². The Hall–Kier alpha value is -1.81. The molecule has 0 saturated heterocycles. The predicted molar refractivity (Wildman–Crippen MR) is 81.0 cm³/mol. The number of carboxylic acid groups (broad SMARTS) is 1. The van der Waals surface area contributed by atoms with Crippen molar-refractivity contribution < 1.29 is 9.90 Å². The molecule has 108 valence electrons. The highest BCUT2D eigenvalue weighted by Gasteiger charge is 2.42. The maximum atomic E-state index is 11.7. The van der Waals surface area contributed by atoms with Crippen LogP contribution in [0.2, 0.25) is 0 Å². The van der Waals surface area contributed by atoms with Crippen LogP contribution in [0.25, 0.3) is 10.9 Å². The van der Waals surface area contributed by atoms with Gasteiger partial charge in [-0.3, -0.25) is 4.79 Å². The Balaban J connectivity index is 2.66. The lowest BCUT2D eigenvalue weighted by molar-refractivity contribution is -0.141. The van der Waals surface area contributed by atoms with Gasteiger partial charge in [0.25, 0.3) is 0 Å². The first-order chi connectivity index (χ1) is 9.60. The van der Waals surface area contributed by atoms with E-state index >= 15 is 0 Å². The molecule has 1 aromatic carbocycles. The zero-order valence-corrected chi connectivity index (χ0v) is 12.2. The van der Waals surface area contributed by atoms with Gasteiger partial charge in [0.2, 0.25) is 0 Å². The van der Waals surface area contributed by atoms with Gasteiger partial charge in [0.05, 0.1) is 0 Å². The number of aromatic amines is 1. The number of hydrogen-bond donors (Lipinski definition) is 3. The molecule has 0 aliphatic carbocycles. The summed E-state index contributed by atoms with van der Waals surface area (Å²) in [6.45, 7) is 4.11. The monoisotopic (exact) mass is 274 g/mol. The van der Waals surface area contributed by atoms with Crippen LogP contribution in [0.1, 0.15) is 32.3 Å². The van der Waals surface area contributed by atoms with Gasteiger partial charge in [-0.25, -0.2) is 0 Å². The van der Waals surface area contributed by atoms with Crippen LogP contribution in [0.15, 0.2) is 30.5 Å². The first kappa shape index (κ1) is 14.6. The molecule has 0 radical (unpaired) electrons. The zero-order valence-electron chi connectivity index (χ0n) is 12.2. The summed E-state index contributed by atoms with van der Waals surface area (Å²) in [5.74, 6) is -0.804. The molecule has 1 heterocycles. The van der Waals surface area contributed by atoms with Crippen molar-refractivity contribution in [2.45, 2.75) is 38.1 Å². The maximum Gasteiger partial charge on any atom is 0.321 e. The highest BCUT2D eigenvalue weighted by Crippen LogP contribution is 2.39. The van der Waals surface area contributed by atoms with Gasteiger partial charge in [-0.2, -0.15) is 0 Å². The quantitative estimate of drug-likeness (QED) is 0.759. The van der Waals surface area contributed by atoms with E-state index in [1.165, 1.54) is 0 Å². The highest BCUT2D eigenvalue weighted by atomic mass is 16.4. The van der Waals surface area contributed by atoms with Crippen LogP contribution < -0.4 is 5.32 Å². The molecular weight excluding hydrogens is 252 g/mol. The minimum Gasteiger partial charge on any atom is -0.480 e. The molecular formula is C16H22N2O2. The fourth-order valence-corrected chi connectivity index (χ4v) is 3.31. The third-order valence-electron chi connectivity index (χ3n) is 4.48. The van der Waals surface area contributed by atoms with Crippen LogP contribution in [-0.4, -0.2) is 29.1 Å². The van der Waals surface area contributed by atoms with E-state index < -0.39 is 17.4 Å². The molecule has 0 unspecified atom stereocenters. The van der Waals surface area contributed by atoms with E-state index in [-0.39, 0.29) is 0 Å². The summed E-state index contributed by atoms with van der Waals surface area (Å²) in [6.07, 6.45) is 3.50. The molecule has 1 aromatic heterocycles. The van der Waals surface area contributed by atoms with Crippen molar-refractivity contribution in [2.24, 2.45) is 0 Å². The van der Waals surface area contributed by atoms with Crippen molar-refractivity contribution >= 4 is 16.9 Å². The molecule has 0 bridgehead atoms. The normalized spacial score (nSPS) is 13.6. The van der Waals surface area contributed by atoms with Gasteiger partial charge in [0.1, 0.15) is 6.04 Å². The number of aliphatic carboxylic acids is 1. The summed E-state index contributed by atoms with van der Waals surface area (Å²) in [5, 5.41) is 13.7.